The molecule has 106 valence electrons. The zero-order chi connectivity index (χ0) is 13.9. The number of hydrogen-bond donors (Lipinski definition) is 3. The van der Waals surface area contributed by atoms with Gasteiger partial charge in [0.2, 0.25) is 0 Å². The SMILES string of the molecule is CC(C)(CCCN)CNc1cc(=O)[nH]c(C2CC2)n1. The lowest BCUT2D eigenvalue weighted by Crippen LogP contribution is -2.25. The summed E-state index contributed by atoms with van der Waals surface area (Å²) in [6, 6.07) is 1.53. The van der Waals surface area contributed by atoms with E-state index in [4.69, 9.17) is 5.73 Å². The molecule has 5 nitrogen and oxygen atoms in total. The molecule has 0 aliphatic heterocycles. The average Bonchev–Trinajstić information content (AvgIpc) is 3.18. The van der Waals surface area contributed by atoms with Crippen LogP contribution < -0.4 is 16.6 Å². The maximum absolute atomic E-state index is 11.6. The summed E-state index contributed by atoms with van der Waals surface area (Å²) in [5, 5.41) is 3.29. The summed E-state index contributed by atoms with van der Waals surface area (Å²) in [5.74, 6) is 1.97. The van der Waals surface area contributed by atoms with Crippen LogP contribution in [0.5, 0.6) is 0 Å². The Kier molecular flexibility index (Phi) is 4.24. The molecule has 1 aliphatic rings. The predicted octanol–water partition coefficient (Wildman–Crippen LogP) is 1.82. The van der Waals surface area contributed by atoms with Crippen LogP contribution in [0, 0.1) is 5.41 Å². The van der Waals surface area contributed by atoms with Crippen LogP contribution in [0.1, 0.15) is 51.3 Å². The third-order valence-corrected chi connectivity index (χ3v) is 3.53. The minimum Gasteiger partial charge on any atom is -0.369 e. The molecule has 4 N–H and O–H groups in total. The molecule has 1 aliphatic carbocycles. The van der Waals surface area contributed by atoms with Gasteiger partial charge in [-0.05, 0) is 37.6 Å². The molecule has 0 aromatic carbocycles. The highest BCUT2D eigenvalue weighted by Gasteiger charge is 2.26. The number of nitrogens with two attached hydrogens (primary N) is 1. The van der Waals surface area contributed by atoms with Crippen molar-refractivity contribution < 1.29 is 0 Å². The molecular weight excluding hydrogens is 240 g/mol. The normalized spacial score (nSPS) is 15.5. The number of rotatable bonds is 7. The zero-order valence-electron chi connectivity index (χ0n) is 11.8. The first-order valence-corrected chi connectivity index (χ1v) is 7.05. The largest absolute Gasteiger partial charge is 0.369 e. The third kappa shape index (κ3) is 4.35. The molecule has 1 aromatic rings. The van der Waals surface area contributed by atoms with E-state index in [-0.39, 0.29) is 11.0 Å². The van der Waals surface area contributed by atoms with Crippen LogP contribution in [0.3, 0.4) is 0 Å². The minimum absolute atomic E-state index is 0.0702. The zero-order valence-corrected chi connectivity index (χ0v) is 11.8. The topological polar surface area (TPSA) is 83.8 Å². The summed E-state index contributed by atoms with van der Waals surface area (Å²) in [6.45, 7) is 5.92. The predicted molar refractivity (Wildman–Crippen MR) is 77.4 cm³/mol. The van der Waals surface area contributed by atoms with E-state index in [2.05, 4.69) is 29.1 Å². The summed E-state index contributed by atoms with van der Waals surface area (Å²) in [5.41, 5.74) is 5.63. The maximum atomic E-state index is 11.6. The Morgan fingerprint density at radius 2 is 2.26 bits per heavy atom. The van der Waals surface area contributed by atoms with Crippen molar-refractivity contribution in [1.82, 2.24) is 9.97 Å². The van der Waals surface area contributed by atoms with Gasteiger partial charge in [-0.15, -0.1) is 0 Å². The fourth-order valence-corrected chi connectivity index (χ4v) is 2.12. The van der Waals surface area contributed by atoms with E-state index in [0.29, 0.717) is 11.7 Å². The van der Waals surface area contributed by atoms with Gasteiger partial charge in [0.05, 0.1) is 0 Å². The van der Waals surface area contributed by atoms with Gasteiger partial charge in [-0.3, -0.25) is 4.79 Å². The van der Waals surface area contributed by atoms with E-state index in [0.717, 1.165) is 44.6 Å². The maximum Gasteiger partial charge on any atom is 0.252 e. The highest BCUT2D eigenvalue weighted by molar-refractivity contribution is 5.34. The summed E-state index contributed by atoms with van der Waals surface area (Å²) in [7, 11) is 0. The fraction of sp³-hybridized carbons (Fsp3) is 0.714. The molecule has 0 radical (unpaired) electrons. The van der Waals surface area contributed by atoms with E-state index in [1.165, 1.54) is 6.07 Å². The molecule has 1 aromatic heterocycles. The number of H-pyrrole nitrogens is 1. The standard InChI is InChI=1S/C14H24N4O/c1-14(2,6-3-7-15)9-16-11-8-12(19)18-13(17-11)10-4-5-10/h8,10H,3-7,9,15H2,1-2H3,(H2,16,17,18,19). The van der Waals surface area contributed by atoms with Crippen molar-refractivity contribution in [2.24, 2.45) is 11.1 Å². The quantitative estimate of drug-likeness (QED) is 0.701. The molecule has 5 heteroatoms. The lowest BCUT2D eigenvalue weighted by atomic mass is 9.88. The molecule has 0 atom stereocenters. The van der Waals surface area contributed by atoms with E-state index < -0.39 is 0 Å². The van der Waals surface area contributed by atoms with Crippen molar-refractivity contribution in [3.63, 3.8) is 0 Å². The lowest BCUT2D eigenvalue weighted by Gasteiger charge is -2.25. The molecule has 0 saturated heterocycles. The second-order valence-electron chi connectivity index (χ2n) is 6.20. The molecule has 1 fully saturated rings. The lowest BCUT2D eigenvalue weighted by molar-refractivity contribution is 0.350. The van der Waals surface area contributed by atoms with E-state index in [1.807, 2.05) is 0 Å². The Morgan fingerprint density at radius 3 is 2.89 bits per heavy atom. The van der Waals surface area contributed by atoms with Crippen LogP contribution in [0.4, 0.5) is 5.82 Å². The molecule has 1 heterocycles. The van der Waals surface area contributed by atoms with Crippen molar-refractivity contribution in [3.05, 3.63) is 22.2 Å². The first kappa shape index (κ1) is 14.1. The van der Waals surface area contributed by atoms with Gasteiger partial charge in [0, 0.05) is 18.5 Å². The Morgan fingerprint density at radius 1 is 1.53 bits per heavy atom. The second-order valence-corrected chi connectivity index (χ2v) is 6.20. The fourth-order valence-electron chi connectivity index (χ4n) is 2.12. The van der Waals surface area contributed by atoms with Gasteiger partial charge in [0.1, 0.15) is 11.6 Å². The Hall–Kier alpha value is -1.36. The molecule has 0 bridgehead atoms. The van der Waals surface area contributed by atoms with Gasteiger partial charge < -0.3 is 16.0 Å². The molecule has 0 amide bonds. The van der Waals surface area contributed by atoms with Gasteiger partial charge >= 0.3 is 0 Å². The monoisotopic (exact) mass is 264 g/mol. The van der Waals surface area contributed by atoms with Crippen LogP contribution in [-0.4, -0.2) is 23.1 Å². The van der Waals surface area contributed by atoms with E-state index in [1.54, 1.807) is 0 Å². The van der Waals surface area contributed by atoms with Gasteiger partial charge in [-0.2, -0.15) is 0 Å². The molecule has 19 heavy (non-hydrogen) atoms. The Labute approximate surface area is 114 Å². The van der Waals surface area contributed by atoms with E-state index >= 15 is 0 Å². The van der Waals surface area contributed by atoms with Crippen LogP contribution in [0.2, 0.25) is 0 Å². The number of aromatic nitrogens is 2. The molecular formula is C14H24N4O. The molecule has 1 saturated carbocycles. The number of hydrogen-bond acceptors (Lipinski definition) is 4. The summed E-state index contributed by atoms with van der Waals surface area (Å²) < 4.78 is 0. The summed E-state index contributed by atoms with van der Waals surface area (Å²) >= 11 is 0. The highest BCUT2D eigenvalue weighted by Crippen LogP contribution is 2.37. The van der Waals surface area contributed by atoms with E-state index in [9.17, 15) is 4.79 Å². The highest BCUT2D eigenvalue weighted by atomic mass is 16.1. The molecule has 0 spiro atoms. The first-order chi connectivity index (χ1) is 9.00. The van der Waals surface area contributed by atoms with Gasteiger partial charge in [-0.25, -0.2) is 4.98 Å². The van der Waals surface area contributed by atoms with Crippen molar-refractivity contribution in [1.29, 1.82) is 0 Å². The van der Waals surface area contributed by atoms with Crippen LogP contribution in [0.25, 0.3) is 0 Å². The summed E-state index contributed by atoms with van der Waals surface area (Å²) in [6.07, 6.45) is 4.35. The van der Waals surface area contributed by atoms with Crippen molar-refractivity contribution in [3.8, 4) is 0 Å². The number of nitrogens with one attached hydrogen (secondary N) is 2. The summed E-state index contributed by atoms with van der Waals surface area (Å²) in [4.78, 5) is 18.9. The number of aromatic amines is 1. The molecule has 2 rings (SSSR count). The number of nitrogens with zero attached hydrogens (tertiary/aromatic N) is 1. The van der Waals surface area contributed by atoms with Crippen LogP contribution >= 0.6 is 0 Å². The van der Waals surface area contributed by atoms with Crippen molar-refractivity contribution >= 4 is 5.82 Å². The minimum atomic E-state index is -0.0702. The molecule has 0 unspecified atom stereocenters. The van der Waals surface area contributed by atoms with Gasteiger partial charge in [0.15, 0.2) is 0 Å². The smallest absolute Gasteiger partial charge is 0.252 e. The van der Waals surface area contributed by atoms with Crippen LogP contribution in [0.15, 0.2) is 10.9 Å². The van der Waals surface area contributed by atoms with Crippen molar-refractivity contribution in [2.45, 2.75) is 45.4 Å². The van der Waals surface area contributed by atoms with Crippen LogP contribution in [-0.2, 0) is 0 Å². The van der Waals surface area contributed by atoms with Gasteiger partial charge in [0.25, 0.3) is 5.56 Å². The Bertz CT molecular complexity index is 477. The van der Waals surface area contributed by atoms with Crippen molar-refractivity contribution in [2.75, 3.05) is 18.4 Å². The average molecular weight is 264 g/mol. The third-order valence-electron chi connectivity index (χ3n) is 3.53. The first-order valence-electron chi connectivity index (χ1n) is 7.05. The van der Waals surface area contributed by atoms with Gasteiger partial charge in [-0.1, -0.05) is 13.8 Å². The second kappa shape index (κ2) is 5.74. The number of anilines is 1. The Balaban J connectivity index is 1.97.